The number of aliphatic carboxylic acids is 2. The van der Waals surface area contributed by atoms with E-state index < -0.39 is 18.5 Å². The number of allylic oxidation sites excluding steroid dienone is 2. The topological polar surface area (TPSA) is 131 Å². The number of carbonyl (C=O) groups is 3. The molecule has 0 unspecified atom stereocenters. The van der Waals surface area contributed by atoms with E-state index >= 15 is 0 Å². The number of nitrogens with one attached hydrogen (secondary N) is 1. The van der Waals surface area contributed by atoms with Crippen LogP contribution in [0.2, 0.25) is 0 Å². The van der Waals surface area contributed by atoms with Crippen molar-refractivity contribution in [3.63, 3.8) is 0 Å². The van der Waals surface area contributed by atoms with Gasteiger partial charge in [-0.05, 0) is 49.3 Å². The van der Waals surface area contributed by atoms with Crippen LogP contribution in [-0.4, -0.2) is 54.5 Å². The first-order valence-corrected chi connectivity index (χ1v) is 11.6. The van der Waals surface area contributed by atoms with Crippen LogP contribution in [0.1, 0.15) is 57.9 Å². The van der Waals surface area contributed by atoms with Crippen LogP contribution in [-0.2, 0) is 25.7 Å². The summed E-state index contributed by atoms with van der Waals surface area (Å²) in [7, 11) is 0. The fraction of sp³-hybridized carbons (Fsp3) is 0.560. The summed E-state index contributed by atoms with van der Waals surface area (Å²) in [5, 5.41) is 20.3. The SMILES string of the molecule is CC(C)C=CCCCCC(=O)NCc1ccc(OCCOCC(=O)O)c(OCCCC(=O)O)c1. The standard InChI is InChI=1S/C25H37NO8/c1-19(2)8-5-3-4-6-9-23(27)26-17-20-11-12-21(34-15-14-32-18-25(30)31)22(16-20)33-13-7-10-24(28)29/h5,8,11-12,16,19H,3-4,6-7,9-10,13-15,17-18H2,1-2H3,(H,26,27)(H,28,29)(H,30,31). The molecule has 0 fully saturated rings. The second-order valence-electron chi connectivity index (χ2n) is 8.12. The largest absolute Gasteiger partial charge is 0.490 e. The van der Waals surface area contributed by atoms with Crippen LogP contribution in [0.4, 0.5) is 0 Å². The lowest BCUT2D eigenvalue weighted by molar-refractivity contribution is -0.142. The van der Waals surface area contributed by atoms with Gasteiger partial charge in [0.2, 0.25) is 5.91 Å². The maximum absolute atomic E-state index is 12.1. The zero-order chi connectivity index (χ0) is 25.2. The van der Waals surface area contributed by atoms with E-state index in [1.807, 2.05) is 0 Å². The lowest BCUT2D eigenvalue weighted by Gasteiger charge is -2.14. The Balaban J connectivity index is 2.54. The lowest BCUT2D eigenvalue weighted by Crippen LogP contribution is -2.22. The van der Waals surface area contributed by atoms with Gasteiger partial charge in [0.25, 0.3) is 0 Å². The average molecular weight is 480 g/mol. The van der Waals surface area contributed by atoms with Crippen LogP contribution in [0.15, 0.2) is 30.4 Å². The zero-order valence-electron chi connectivity index (χ0n) is 20.1. The Hall–Kier alpha value is -3.07. The van der Waals surface area contributed by atoms with Crippen molar-refractivity contribution < 1.29 is 38.8 Å². The third kappa shape index (κ3) is 14.9. The number of unbranched alkanes of at least 4 members (excludes halogenated alkanes) is 2. The van der Waals surface area contributed by atoms with Crippen LogP contribution >= 0.6 is 0 Å². The van der Waals surface area contributed by atoms with Crippen molar-refractivity contribution in [1.29, 1.82) is 0 Å². The Morgan fingerprint density at radius 3 is 2.41 bits per heavy atom. The van der Waals surface area contributed by atoms with Crippen molar-refractivity contribution in [1.82, 2.24) is 5.32 Å². The maximum atomic E-state index is 12.1. The normalized spacial score (nSPS) is 11.0. The highest BCUT2D eigenvalue weighted by atomic mass is 16.5. The number of amides is 1. The van der Waals surface area contributed by atoms with Crippen molar-refractivity contribution in [2.45, 2.75) is 58.9 Å². The molecule has 0 saturated carbocycles. The van der Waals surface area contributed by atoms with Gasteiger partial charge in [-0.2, -0.15) is 0 Å². The molecule has 0 aromatic heterocycles. The predicted octanol–water partition coefficient (Wildman–Crippen LogP) is 3.80. The molecule has 0 spiro atoms. The Bertz CT molecular complexity index is 791. The molecule has 1 aromatic rings. The third-order valence-corrected chi connectivity index (χ3v) is 4.55. The van der Waals surface area contributed by atoms with Crippen LogP contribution in [0.25, 0.3) is 0 Å². The van der Waals surface area contributed by atoms with Gasteiger partial charge in [-0.1, -0.05) is 32.1 Å². The van der Waals surface area contributed by atoms with Crippen LogP contribution in [0.5, 0.6) is 11.5 Å². The fourth-order valence-corrected chi connectivity index (χ4v) is 2.88. The molecule has 0 aliphatic heterocycles. The summed E-state index contributed by atoms with van der Waals surface area (Å²) >= 11 is 0. The van der Waals surface area contributed by atoms with E-state index in [0.29, 0.717) is 36.8 Å². The van der Waals surface area contributed by atoms with E-state index in [2.05, 4.69) is 31.3 Å². The molecule has 0 heterocycles. The van der Waals surface area contributed by atoms with E-state index in [-0.39, 0.29) is 32.1 Å². The number of hydrogen-bond donors (Lipinski definition) is 3. The highest BCUT2D eigenvalue weighted by Crippen LogP contribution is 2.29. The fourth-order valence-electron chi connectivity index (χ4n) is 2.88. The molecule has 3 N–H and O–H groups in total. The van der Waals surface area contributed by atoms with Gasteiger partial charge in [-0.15, -0.1) is 0 Å². The van der Waals surface area contributed by atoms with Gasteiger partial charge >= 0.3 is 11.9 Å². The summed E-state index contributed by atoms with van der Waals surface area (Å²) in [6.45, 7) is 4.60. The van der Waals surface area contributed by atoms with Crippen molar-refractivity contribution in [2.24, 2.45) is 5.92 Å². The molecule has 0 aliphatic rings. The highest BCUT2D eigenvalue weighted by Gasteiger charge is 2.09. The number of benzene rings is 1. The summed E-state index contributed by atoms with van der Waals surface area (Å²) < 4.78 is 16.3. The Kier molecular flexibility index (Phi) is 14.8. The Morgan fingerprint density at radius 2 is 1.71 bits per heavy atom. The van der Waals surface area contributed by atoms with Gasteiger partial charge in [-0.25, -0.2) is 4.79 Å². The van der Waals surface area contributed by atoms with Gasteiger partial charge in [0, 0.05) is 19.4 Å². The minimum absolute atomic E-state index is 0.0117. The molecule has 0 aliphatic carbocycles. The van der Waals surface area contributed by atoms with E-state index in [0.717, 1.165) is 24.8 Å². The predicted molar refractivity (Wildman–Crippen MR) is 127 cm³/mol. The number of ether oxygens (including phenoxy) is 3. The van der Waals surface area contributed by atoms with Crippen LogP contribution < -0.4 is 14.8 Å². The van der Waals surface area contributed by atoms with E-state index in [1.165, 1.54) is 0 Å². The van der Waals surface area contributed by atoms with E-state index in [9.17, 15) is 14.4 Å². The minimum Gasteiger partial charge on any atom is -0.490 e. The average Bonchev–Trinajstić information content (AvgIpc) is 2.77. The van der Waals surface area contributed by atoms with Gasteiger partial charge in [-0.3, -0.25) is 9.59 Å². The first-order chi connectivity index (χ1) is 16.3. The smallest absolute Gasteiger partial charge is 0.329 e. The van der Waals surface area contributed by atoms with Crippen LogP contribution in [0.3, 0.4) is 0 Å². The molecule has 9 nitrogen and oxygen atoms in total. The molecular weight excluding hydrogens is 442 g/mol. The second kappa shape index (κ2) is 17.4. The van der Waals surface area contributed by atoms with Crippen molar-refractivity contribution in [3.05, 3.63) is 35.9 Å². The maximum Gasteiger partial charge on any atom is 0.329 e. The summed E-state index contributed by atoms with van der Waals surface area (Å²) in [5.74, 6) is -0.588. The number of carbonyl (C=O) groups excluding carboxylic acids is 1. The molecular formula is C25H37NO8. The van der Waals surface area contributed by atoms with Gasteiger partial charge in [0.15, 0.2) is 11.5 Å². The van der Waals surface area contributed by atoms with E-state index in [4.69, 9.17) is 24.4 Å². The third-order valence-electron chi connectivity index (χ3n) is 4.55. The Labute approximate surface area is 201 Å². The lowest BCUT2D eigenvalue weighted by atomic mass is 10.1. The molecule has 0 bridgehead atoms. The van der Waals surface area contributed by atoms with Crippen molar-refractivity contribution in [3.8, 4) is 11.5 Å². The van der Waals surface area contributed by atoms with E-state index in [1.54, 1.807) is 18.2 Å². The zero-order valence-corrected chi connectivity index (χ0v) is 20.1. The van der Waals surface area contributed by atoms with Crippen LogP contribution in [0, 0.1) is 5.92 Å². The number of rotatable bonds is 19. The Morgan fingerprint density at radius 1 is 0.941 bits per heavy atom. The molecule has 190 valence electrons. The van der Waals surface area contributed by atoms with Crippen molar-refractivity contribution in [2.75, 3.05) is 26.4 Å². The molecule has 0 saturated heterocycles. The highest BCUT2D eigenvalue weighted by molar-refractivity contribution is 5.75. The van der Waals surface area contributed by atoms with Gasteiger partial charge in [0.1, 0.15) is 13.2 Å². The first kappa shape index (κ1) is 29.0. The molecule has 1 amide bonds. The van der Waals surface area contributed by atoms with Gasteiger partial charge < -0.3 is 29.7 Å². The first-order valence-electron chi connectivity index (χ1n) is 11.6. The molecule has 0 atom stereocenters. The van der Waals surface area contributed by atoms with Gasteiger partial charge in [0.05, 0.1) is 13.2 Å². The second-order valence-corrected chi connectivity index (χ2v) is 8.12. The number of hydrogen-bond acceptors (Lipinski definition) is 6. The quantitative estimate of drug-likeness (QED) is 0.202. The molecule has 9 heteroatoms. The molecule has 34 heavy (non-hydrogen) atoms. The number of carboxylic acids is 2. The van der Waals surface area contributed by atoms with Crippen molar-refractivity contribution >= 4 is 17.8 Å². The minimum atomic E-state index is -1.06. The summed E-state index contributed by atoms with van der Waals surface area (Å²) in [6.07, 6.45) is 7.87. The summed E-state index contributed by atoms with van der Waals surface area (Å²) in [5.41, 5.74) is 0.816. The number of carboxylic acid groups (broad SMARTS) is 2. The molecule has 1 rings (SSSR count). The monoisotopic (exact) mass is 479 g/mol. The summed E-state index contributed by atoms with van der Waals surface area (Å²) in [6, 6.07) is 5.24. The summed E-state index contributed by atoms with van der Waals surface area (Å²) in [4.78, 5) is 33.3. The molecule has 1 aromatic carbocycles. The molecule has 0 radical (unpaired) electrons.